The summed E-state index contributed by atoms with van der Waals surface area (Å²) in [5, 5.41) is 3.76. The highest BCUT2D eigenvalue weighted by atomic mass is 19.1. The van der Waals surface area contributed by atoms with Crippen LogP contribution in [0.4, 0.5) is 8.78 Å². The number of nitrogens with two attached hydrogens (primary N) is 1. The van der Waals surface area contributed by atoms with E-state index in [-0.39, 0.29) is 12.5 Å². The Hall–Kier alpha value is -1.82. The first-order chi connectivity index (χ1) is 9.08. The first-order valence-electron chi connectivity index (χ1n) is 6.11. The zero-order valence-electron chi connectivity index (χ0n) is 10.6. The van der Waals surface area contributed by atoms with E-state index in [0.29, 0.717) is 17.3 Å². The summed E-state index contributed by atoms with van der Waals surface area (Å²) in [5.74, 6) is -0.525. The third-order valence-electron chi connectivity index (χ3n) is 2.69. The van der Waals surface area contributed by atoms with Gasteiger partial charge in [0.2, 0.25) is 5.89 Å². The largest absolute Gasteiger partial charge is 0.338 e. The second kappa shape index (κ2) is 5.88. The minimum atomic E-state index is -0.624. The molecule has 0 amide bonds. The van der Waals surface area contributed by atoms with Gasteiger partial charge in [-0.1, -0.05) is 18.5 Å². The molecule has 19 heavy (non-hydrogen) atoms. The third kappa shape index (κ3) is 3.57. The number of hydrogen-bond donors (Lipinski definition) is 1. The van der Waals surface area contributed by atoms with Crippen LogP contribution in [-0.4, -0.2) is 10.1 Å². The minimum Gasteiger partial charge on any atom is -0.338 e. The van der Waals surface area contributed by atoms with Crippen molar-refractivity contribution in [2.24, 2.45) is 5.73 Å². The van der Waals surface area contributed by atoms with Crippen LogP contribution in [0.5, 0.6) is 0 Å². The summed E-state index contributed by atoms with van der Waals surface area (Å²) in [4.78, 5) is 4.14. The fraction of sp³-hybridized carbons (Fsp3) is 0.385. The van der Waals surface area contributed by atoms with Gasteiger partial charge in [0, 0.05) is 12.5 Å². The monoisotopic (exact) mass is 267 g/mol. The lowest BCUT2D eigenvalue weighted by atomic mass is 10.1. The molecule has 2 N–H and O–H groups in total. The maximum Gasteiger partial charge on any atom is 0.243 e. The first kappa shape index (κ1) is 13.6. The molecular formula is C13H15F2N3O. The molecule has 0 fully saturated rings. The van der Waals surface area contributed by atoms with Crippen molar-refractivity contribution in [2.75, 3.05) is 0 Å². The molecule has 0 aliphatic rings. The Morgan fingerprint density at radius 2 is 1.95 bits per heavy atom. The Morgan fingerprint density at radius 3 is 2.58 bits per heavy atom. The van der Waals surface area contributed by atoms with Gasteiger partial charge in [0.25, 0.3) is 0 Å². The molecule has 1 aromatic carbocycles. The molecule has 1 aromatic heterocycles. The topological polar surface area (TPSA) is 64.9 Å². The quantitative estimate of drug-likeness (QED) is 0.904. The van der Waals surface area contributed by atoms with Gasteiger partial charge in [-0.15, -0.1) is 0 Å². The normalized spacial score (nSPS) is 12.6. The molecule has 0 aliphatic heterocycles. The van der Waals surface area contributed by atoms with Crippen LogP contribution in [0.25, 0.3) is 0 Å². The Bertz CT molecular complexity index is 536. The zero-order chi connectivity index (χ0) is 13.8. The Kier molecular flexibility index (Phi) is 4.21. The van der Waals surface area contributed by atoms with E-state index in [0.717, 1.165) is 18.9 Å². The van der Waals surface area contributed by atoms with Gasteiger partial charge in [-0.05, 0) is 24.1 Å². The molecule has 0 spiro atoms. The van der Waals surface area contributed by atoms with Crippen molar-refractivity contribution in [1.29, 1.82) is 0 Å². The van der Waals surface area contributed by atoms with Crippen LogP contribution < -0.4 is 5.73 Å². The predicted octanol–water partition coefficient (Wildman–Crippen LogP) is 2.74. The van der Waals surface area contributed by atoms with Gasteiger partial charge in [-0.25, -0.2) is 8.78 Å². The smallest absolute Gasteiger partial charge is 0.243 e. The second-order valence-corrected chi connectivity index (χ2v) is 4.40. The van der Waals surface area contributed by atoms with E-state index in [4.69, 9.17) is 10.3 Å². The van der Waals surface area contributed by atoms with Crippen molar-refractivity contribution in [3.8, 4) is 0 Å². The fourth-order valence-electron chi connectivity index (χ4n) is 1.82. The Balaban J connectivity index is 2.11. The highest BCUT2D eigenvalue weighted by Gasteiger charge is 2.14. The van der Waals surface area contributed by atoms with Crippen molar-refractivity contribution in [2.45, 2.75) is 32.2 Å². The van der Waals surface area contributed by atoms with Gasteiger partial charge in [0.15, 0.2) is 5.82 Å². The van der Waals surface area contributed by atoms with Gasteiger partial charge >= 0.3 is 0 Å². The molecule has 102 valence electrons. The average Bonchev–Trinajstić information content (AvgIpc) is 2.76. The minimum absolute atomic E-state index is 0.205. The molecule has 0 saturated carbocycles. The standard InChI is InChI=1S/C13H15F2N3O/c1-2-3-11(16)13-17-12(18-19-13)6-8-4-9(14)7-10(15)5-8/h4-5,7,11H,2-3,6,16H2,1H3/t11-/m1/s1. The maximum atomic E-state index is 13.0. The molecule has 0 unspecified atom stereocenters. The van der Waals surface area contributed by atoms with Crippen molar-refractivity contribution in [3.63, 3.8) is 0 Å². The van der Waals surface area contributed by atoms with Gasteiger partial charge in [0.05, 0.1) is 6.04 Å². The lowest BCUT2D eigenvalue weighted by Gasteiger charge is -2.02. The summed E-state index contributed by atoms with van der Waals surface area (Å²) in [6, 6.07) is 3.01. The molecule has 6 heteroatoms. The van der Waals surface area contributed by atoms with E-state index < -0.39 is 11.6 Å². The fourth-order valence-corrected chi connectivity index (χ4v) is 1.82. The van der Waals surface area contributed by atoms with E-state index in [1.807, 2.05) is 6.92 Å². The zero-order valence-corrected chi connectivity index (χ0v) is 10.6. The number of nitrogens with zero attached hydrogens (tertiary/aromatic N) is 2. The van der Waals surface area contributed by atoms with Crippen molar-refractivity contribution < 1.29 is 13.3 Å². The Labute approximate surface area is 109 Å². The molecule has 4 nitrogen and oxygen atoms in total. The number of benzene rings is 1. The van der Waals surface area contributed by atoms with Gasteiger partial charge in [0.1, 0.15) is 11.6 Å². The van der Waals surface area contributed by atoms with E-state index in [1.54, 1.807) is 0 Å². The van der Waals surface area contributed by atoms with Crippen LogP contribution >= 0.6 is 0 Å². The van der Waals surface area contributed by atoms with Crippen LogP contribution in [0.2, 0.25) is 0 Å². The van der Waals surface area contributed by atoms with Gasteiger partial charge < -0.3 is 10.3 Å². The third-order valence-corrected chi connectivity index (χ3v) is 2.69. The number of rotatable bonds is 5. The SMILES string of the molecule is CCC[C@@H](N)c1nc(Cc2cc(F)cc(F)c2)no1. The summed E-state index contributed by atoms with van der Waals surface area (Å²) < 4.78 is 31.1. The number of halogens is 2. The molecule has 0 aliphatic carbocycles. The lowest BCUT2D eigenvalue weighted by molar-refractivity contribution is 0.345. The van der Waals surface area contributed by atoms with Crippen LogP contribution in [-0.2, 0) is 6.42 Å². The van der Waals surface area contributed by atoms with Crippen molar-refractivity contribution in [1.82, 2.24) is 10.1 Å². The Morgan fingerprint density at radius 1 is 1.26 bits per heavy atom. The summed E-state index contributed by atoms with van der Waals surface area (Å²) in [7, 11) is 0. The van der Waals surface area contributed by atoms with E-state index in [1.165, 1.54) is 12.1 Å². The average molecular weight is 267 g/mol. The summed E-state index contributed by atoms with van der Waals surface area (Å²) in [6.45, 7) is 2.01. The number of aromatic nitrogens is 2. The van der Waals surface area contributed by atoms with Gasteiger partial charge in [-0.2, -0.15) is 4.98 Å². The molecule has 0 radical (unpaired) electrons. The molecule has 2 rings (SSSR count). The molecule has 1 atom stereocenters. The highest BCUT2D eigenvalue weighted by molar-refractivity contribution is 5.21. The second-order valence-electron chi connectivity index (χ2n) is 4.40. The van der Waals surface area contributed by atoms with Crippen LogP contribution in [0.15, 0.2) is 22.7 Å². The van der Waals surface area contributed by atoms with Crippen molar-refractivity contribution >= 4 is 0 Å². The molecular weight excluding hydrogens is 252 g/mol. The molecule has 2 aromatic rings. The molecule has 1 heterocycles. The maximum absolute atomic E-state index is 13.0. The molecule has 0 saturated heterocycles. The van der Waals surface area contributed by atoms with E-state index >= 15 is 0 Å². The van der Waals surface area contributed by atoms with Gasteiger partial charge in [-0.3, -0.25) is 0 Å². The van der Waals surface area contributed by atoms with Crippen molar-refractivity contribution in [3.05, 3.63) is 47.1 Å². The number of hydrogen-bond acceptors (Lipinski definition) is 4. The molecule has 0 bridgehead atoms. The highest BCUT2D eigenvalue weighted by Crippen LogP contribution is 2.16. The van der Waals surface area contributed by atoms with Crippen LogP contribution in [0, 0.1) is 11.6 Å². The summed E-state index contributed by atoms with van der Waals surface area (Å²) >= 11 is 0. The van der Waals surface area contributed by atoms with E-state index in [9.17, 15) is 8.78 Å². The lowest BCUT2D eigenvalue weighted by Crippen LogP contribution is -2.10. The summed E-state index contributed by atoms with van der Waals surface area (Å²) in [6.07, 6.45) is 1.86. The van der Waals surface area contributed by atoms with Crippen LogP contribution in [0.3, 0.4) is 0 Å². The van der Waals surface area contributed by atoms with Crippen LogP contribution in [0.1, 0.15) is 43.1 Å². The summed E-state index contributed by atoms with van der Waals surface area (Å²) in [5.41, 5.74) is 6.30. The first-order valence-corrected chi connectivity index (χ1v) is 6.11. The van der Waals surface area contributed by atoms with E-state index in [2.05, 4.69) is 10.1 Å². The predicted molar refractivity (Wildman–Crippen MR) is 65.3 cm³/mol.